The van der Waals surface area contributed by atoms with E-state index in [-0.39, 0.29) is 17.5 Å². The standard InChI is InChI=1S/C29H23ClN2O4/c1-16(33)26-25(27(34)18-6-5-7-20(15-18)36-2)29(21-8-3-4-9-22(21)31-28(29)35)24-13-10-17-14-19(30)11-12-23(17)32(24)26/h3-15,24-26H,1-2H3,(H,31,35)/t24-,25-,26+,29+/m1/s1. The molecule has 1 saturated heterocycles. The highest BCUT2D eigenvalue weighted by Gasteiger charge is 2.69. The molecule has 3 aromatic carbocycles. The lowest BCUT2D eigenvalue weighted by Gasteiger charge is -2.37. The van der Waals surface area contributed by atoms with Crippen LogP contribution in [-0.2, 0) is 15.0 Å². The van der Waals surface area contributed by atoms with E-state index in [0.29, 0.717) is 22.0 Å². The second kappa shape index (κ2) is 8.07. The van der Waals surface area contributed by atoms with Crippen LogP contribution in [0.3, 0.4) is 0 Å². The first-order valence-electron chi connectivity index (χ1n) is 11.7. The van der Waals surface area contributed by atoms with Crippen molar-refractivity contribution in [2.75, 3.05) is 17.3 Å². The third-order valence-corrected chi connectivity index (χ3v) is 7.88. The maximum atomic E-state index is 14.4. The van der Waals surface area contributed by atoms with Gasteiger partial charge in [-0.2, -0.15) is 0 Å². The van der Waals surface area contributed by atoms with Gasteiger partial charge in [-0.05, 0) is 54.4 Å². The largest absolute Gasteiger partial charge is 0.497 e. The van der Waals surface area contributed by atoms with Gasteiger partial charge in [0, 0.05) is 22.0 Å². The number of nitrogens with zero attached hydrogens (tertiary/aromatic N) is 1. The van der Waals surface area contributed by atoms with Crippen LogP contribution in [0.1, 0.15) is 28.4 Å². The zero-order valence-corrected chi connectivity index (χ0v) is 20.5. The van der Waals surface area contributed by atoms with Gasteiger partial charge in [-0.3, -0.25) is 14.4 Å². The smallest absolute Gasteiger partial charge is 0.238 e. The van der Waals surface area contributed by atoms with Crippen molar-refractivity contribution < 1.29 is 19.1 Å². The van der Waals surface area contributed by atoms with Gasteiger partial charge in [0.25, 0.3) is 0 Å². The zero-order valence-electron chi connectivity index (χ0n) is 19.7. The number of nitrogens with one attached hydrogen (secondary N) is 1. The summed E-state index contributed by atoms with van der Waals surface area (Å²) in [5.41, 5.74) is 2.07. The molecule has 7 heteroatoms. The molecule has 3 aromatic rings. The first-order chi connectivity index (χ1) is 17.4. The summed E-state index contributed by atoms with van der Waals surface area (Å²) < 4.78 is 5.36. The molecule has 0 radical (unpaired) electrons. The number of rotatable bonds is 4. The van der Waals surface area contributed by atoms with E-state index in [1.54, 1.807) is 30.3 Å². The Morgan fingerprint density at radius 1 is 1.06 bits per heavy atom. The molecule has 1 N–H and O–H groups in total. The number of amides is 1. The van der Waals surface area contributed by atoms with Crippen molar-refractivity contribution in [2.45, 2.75) is 24.4 Å². The van der Waals surface area contributed by atoms with Crippen LogP contribution < -0.4 is 15.0 Å². The number of ether oxygens (including phenoxy) is 1. The van der Waals surface area contributed by atoms with E-state index < -0.39 is 23.4 Å². The molecule has 180 valence electrons. The minimum atomic E-state index is -1.30. The summed E-state index contributed by atoms with van der Waals surface area (Å²) in [7, 11) is 1.53. The van der Waals surface area contributed by atoms with Crippen LogP contribution in [-0.4, -0.2) is 36.7 Å². The quantitative estimate of drug-likeness (QED) is 0.517. The highest BCUT2D eigenvalue weighted by molar-refractivity contribution is 6.31. The van der Waals surface area contributed by atoms with E-state index >= 15 is 0 Å². The van der Waals surface area contributed by atoms with Gasteiger partial charge in [-0.25, -0.2) is 0 Å². The summed E-state index contributed by atoms with van der Waals surface area (Å²) in [5, 5.41) is 3.57. The monoisotopic (exact) mass is 498 g/mol. The Morgan fingerprint density at radius 2 is 1.86 bits per heavy atom. The number of carbonyl (C=O) groups excluding carboxylic acids is 3. The summed E-state index contributed by atoms with van der Waals surface area (Å²) >= 11 is 6.27. The second-order valence-corrected chi connectivity index (χ2v) is 9.85. The van der Waals surface area contributed by atoms with Crippen molar-refractivity contribution in [2.24, 2.45) is 5.92 Å². The zero-order chi connectivity index (χ0) is 25.2. The van der Waals surface area contributed by atoms with Gasteiger partial charge in [-0.1, -0.05) is 54.1 Å². The maximum absolute atomic E-state index is 14.4. The third kappa shape index (κ3) is 2.94. The first kappa shape index (κ1) is 22.6. The Bertz CT molecular complexity index is 1480. The van der Waals surface area contributed by atoms with Crippen LogP contribution in [0.15, 0.2) is 72.8 Å². The molecule has 4 atom stereocenters. The number of benzene rings is 3. The average molecular weight is 499 g/mol. The van der Waals surface area contributed by atoms with Crippen LogP contribution in [0.4, 0.5) is 11.4 Å². The molecule has 3 aliphatic rings. The molecule has 3 heterocycles. The fraction of sp³-hybridized carbons (Fsp3) is 0.207. The molecule has 0 unspecified atom stereocenters. The fourth-order valence-electron chi connectivity index (χ4n) is 6.26. The number of carbonyl (C=O) groups is 3. The molecule has 0 aliphatic carbocycles. The third-order valence-electron chi connectivity index (χ3n) is 7.65. The molecule has 3 aliphatic heterocycles. The van der Waals surface area contributed by atoms with E-state index in [2.05, 4.69) is 5.32 Å². The highest BCUT2D eigenvalue weighted by atomic mass is 35.5. The van der Waals surface area contributed by atoms with E-state index in [0.717, 1.165) is 16.8 Å². The molecule has 0 saturated carbocycles. The summed E-state index contributed by atoms with van der Waals surface area (Å²) in [6.45, 7) is 1.49. The maximum Gasteiger partial charge on any atom is 0.238 e. The first-order valence-corrected chi connectivity index (χ1v) is 12.1. The van der Waals surface area contributed by atoms with Crippen molar-refractivity contribution in [1.29, 1.82) is 0 Å². The Balaban J connectivity index is 1.65. The van der Waals surface area contributed by atoms with Crippen LogP contribution in [0.2, 0.25) is 5.02 Å². The SMILES string of the molecule is COc1cccc(C(=O)[C@H]2[C@H](C(C)=O)N3c4ccc(Cl)cc4C=C[C@@H]3[C@]23C(=O)Nc2ccccc23)c1. The Labute approximate surface area is 213 Å². The van der Waals surface area contributed by atoms with Gasteiger partial charge in [-0.15, -0.1) is 0 Å². The minimum absolute atomic E-state index is 0.188. The molecule has 36 heavy (non-hydrogen) atoms. The van der Waals surface area contributed by atoms with E-state index in [4.69, 9.17) is 16.3 Å². The fourth-order valence-corrected chi connectivity index (χ4v) is 6.44. The molecular weight excluding hydrogens is 476 g/mol. The van der Waals surface area contributed by atoms with Crippen molar-refractivity contribution in [3.8, 4) is 5.75 Å². The Hall–Kier alpha value is -3.90. The molecule has 6 rings (SSSR count). The van der Waals surface area contributed by atoms with Gasteiger partial charge in [0.05, 0.1) is 25.1 Å². The molecular formula is C29H23ClN2O4. The molecule has 1 amide bonds. The van der Waals surface area contributed by atoms with E-state index in [1.807, 2.05) is 53.5 Å². The highest BCUT2D eigenvalue weighted by Crippen LogP contribution is 2.57. The summed E-state index contributed by atoms with van der Waals surface area (Å²) in [5.74, 6) is -1.19. The van der Waals surface area contributed by atoms with E-state index in [9.17, 15) is 14.4 Å². The number of anilines is 2. The lowest BCUT2D eigenvalue weighted by atomic mass is 9.64. The number of Topliss-reactive ketones (excluding diaryl/α,β-unsaturated/α-hetero) is 2. The Morgan fingerprint density at radius 3 is 2.64 bits per heavy atom. The molecule has 0 bridgehead atoms. The lowest BCUT2D eigenvalue weighted by Crippen LogP contribution is -2.51. The number of halogens is 1. The second-order valence-electron chi connectivity index (χ2n) is 9.41. The number of fused-ring (bicyclic) bond motifs is 6. The molecule has 6 nitrogen and oxygen atoms in total. The normalized spacial score (nSPS) is 25.2. The average Bonchev–Trinajstić information content (AvgIpc) is 3.36. The van der Waals surface area contributed by atoms with Crippen LogP contribution in [0.5, 0.6) is 5.75 Å². The lowest BCUT2D eigenvalue weighted by molar-refractivity contribution is -0.122. The van der Waals surface area contributed by atoms with Crippen molar-refractivity contribution in [1.82, 2.24) is 0 Å². The summed E-state index contributed by atoms with van der Waals surface area (Å²) in [6, 6.07) is 18.3. The van der Waals surface area contributed by atoms with Crippen LogP contribution in [0, 0.1) is 5.92 Å². The number of methoxy groups -OCH3 is 1. The van der Waals surface area contributed by atoms with Gasteiger partial charge in [0.1, 0.15) is 11.2 Å². The molecule has 1 fully saturated rings. The predicted molar refractivity (Wildman–Crippen MR) is 139 cm³/mol. The number of ketones is 2. The minimum Gasteiger partial charge on any atom is -0.497 e. The van der Waals surface area contributed by atoms with Crippen LogP contribution in [0.25, 0.3) is 6.08 Å². The van der Waals surface area contributed by atoms with Crippen molar-refractivity contribution in [3.05, 3.63) is 94.5 Å². The Kier molecular flexibility index (Phi) is 5.05. The van der Waals surface area contributed by atoms with Gasteiger partial charge < -0.3 is 15.0 Å². The number of para-hydroxylation sites is 1. The van der Waals surface area contributed by atoms with E-state index in [1.165, 1.54) is 14.0 Å². The van der Waals surface area contributed by atoms with Crippen molar-refractivity contribution in [3.63, 3.8) is 0 Å². The summed E-state index contributed by atoms with van der Waals surface area (Å²) in [6.07, 6.45) is 3.85. The molecule has 1 spiro atoms. The predicted octanol–water partition coefficient (Wildman–Crippen LogP) is 4.91. The topological polar surface area (TPSA) is 75.7 Å². The van der Waals surface area contributed by atoms with Gasteiger partial charge in [0.2, 0.25) is 5.91 Å². The van der Waals surface area contributed by atoms with Crippen LogP contribution >= 0.6 is 11.6 Å². The number of hydrogen-bond acceptors (Lipinski definition) is 5. The molecule has 0 aromatic heterocycles. The summed E-state index contributed by atoms with van der Waals surface area (Å²) in [4.78, 5) is 43.8. The number of hydrogen-bond donors (Lipinski definition) is 1. The van der Waals surface area contributed by atoms with Gasteiger partial charge >= 0.3 is 0 Å². The van der Waals surface area contributed by atoms with Crippen molar-refractivity contribution >= 4 is 46.5 Å². The van der Waals surface area contributed by atoms with Gasteiger partial charge in [0.15, 0.2) is 11.6 Å².